The van der Waals surface area contributed by atoms with E-state index >= 15 is 0 Å². The smallest absolute Gasteiger partial charge is 0.202 e. The lowest BCUT2D eigenvalue weighted by Crippen LogP contribution is -2.10. The van der Waals surface area contributed by atoms with E-state index in [1.165, 1.54) is 0 Å². The van der Waals surface area contributed by atoms with Gasteiger partial charge in [-0.05, 0) is 24.6 Å². The number of nitrogens with zero attached hydrogens (tertiary/aromatic N) is 5. The lowest BCUT2D eigenvalue weighted by Gasteiger charge is -2.05. The Hall–Kier alpha value is -2.37. The maximum absolute atomic E-state index is 5.93. The molecule has 0 spiro atoms. The Morgan fingerprint density at radius 3 is 3.00 bits per heavy atom. The number of hydrogen-bond donors (Lipinski definition) is 1. The minimum absolute atomic E-state index is 0.496. The van der Waals surface area contributed by atoms with Crippen molar-refractivity contribution in [3.05, 3.63) is 36.3 Å². The van der Waals surface area contributed by atoms with Crippen molar-refractivity contribution in [1.29, 1.82) is 0 Å². The van der Waals surface area contributed by atoms with E-state index in [4.69, 9.17) is 5.73 Å². The molecule has 0 unspecified atom stereocenters. The number of aryl methyl sites for hydroxylation is 3. The molecule has 0 fully saturated rings. The molecule has 0 saturated carbocycles. The van der Waals surface area contributed by atoms with Crippen molar-refractivity contribution in [3.8, 4) is 0 Å². The second-order valence-electron chi connectivity index (χ2n) is 4.25. The van der Waals surface area contributed by atoms with E-state index in [1.807, 2.05) is 40.7 Å². The molecule has 6 heteroatoms. The summed E-state index contributed by atoms with van der Waals surface area (Å²) in [6.07, 6.45) is 5.51. The van der Waals surface area contributed by atoms with Crippen molar-refractivity contribution in [2.24, 2.45) is 0 Å². The summed E-state index contributed by atoms with van der Waals surface area (Å²) < 4.78 is 3.77. The van der Waals surface area contributed by atoms with Crippen LogP contribution in [0.5, 0.6) is 0 Å². The summed E-state index contributed by atoms with van der Waals surface area (Å²) in [5, 5.41) is 4.16. The first-order valence-electron chi connectivity index (χ1n) is 5.80. The van der Waals surface area contributed by atoms with E-state index in [9.17, 15) is 0 Å². The fourth-order valence-electron chi connectivity index (χ4n) is 1.98. The van der Waals surface area contributed by atoms with E-state index in [1.54, 1.807) is 6.20 Å². The van der Waals surface area contributed by atoms with Crippen molar-refractivity contribution >= 4 is 17.1 Å². The van der Waals surface area contributed by atoms with Gasteiger partial charge in [-0.3, -0.25) is 9.25 Å². The predicted molar refractivity (Wildman–Crippen MR) is 68.9 cm³/mol. The fourth-order valence-corrected chi connectivity index (χ4v) is 1.98. The summed E-state index contributed by atoms with van der Waals surface area (Å²) in [7, 11) is 0. The van der Waals surface area contributed by atoms with E-state index in [2.05, 4.69) is 15.1 Å². The summed E-state index contributed by atoms with van der Waals surface area (Å²) in [6, 6.07) is 3.89. The largest absolute Gasteiger partial charge is 0.369 e. The number of nitrogen functional groups attached to an aromatic ring is 1. The van der Waals surface area contributed by atoms with Crippen molar-refractivity contribution in [1.82, 2.24) is 24.3 Å². The molecule has 0 atom stereocenters. The van der Waals surface area contributed by atoms with Gasteiger partial charge in [-0.25, -0.2) is 9.97 Å². The maximum Gasteiger partial charge on any atom is 0.202 e. The Labute approximate surface area is 104 Å². The second-order valence-corrected chi connectivity index (χ2v) is 4.25. The maximum atomic E-state index is 5.93. The number of aromatic nitrogens is 5. The topological polar surface area (TPSA) is 74.5 Å². The summed E-state index contributed by atoms with van der Waals surface area (Å²) in [5.41, 5.74) is 8.67. The van der Waals surface area contributed by atoms with Crippen LogP contribution in [0.2, 0.25) is 0 Å². The fraction of sp³-hybridized carbons (Fsp3) is 0.250. The molecule has 0 saturated heterocycles. The van der Waals surface area contributed by atoms with Crippen molar-refractivity contribution in [2.75, 3.05) is 5.73 Å². The Kier molecular flexibility index (Phi) is 2.47. The first kappa shape index (κ1) is 10.8. The normalized spacial score (nSPS) is 11.2. The highest BCUT2D eigenvalue weighted by molar-refractivity contribution is 5.74. The standard InChI is InChI=1S/C12H14N6/c1-9-7-10-11(14-8-9)18(12(13)16-10)6-5-17-4-2-3-15-17/h2-4,7-8H,5-6H2,1H3,(H2,13,16). The molecule has 0 amide bonds. The van der Waals surface area contributed by atoms with Gasteiger partial charge in [-0.15, -0.1) is 0 Å². The lowest BCUT2D eigenvalue weighted by molar-refractivity contribution is 0.543. The zero-order chi connectivity index (χ0) is 12.5. The van der Waals surface area contributed by atoms with Crippen LogP contribution in [-0.2, 0) is 13.1 Å². The Morgan fingerprint density at radius 2 is 2.22 bits per heavy atom. The Balaban J connectivity index is 1.93. The summed E-state index contributed by atoms with van der Waals surface area (Å²) in [6.45, 7) is 3.45. The van der Waals surface area contributed by atoms with Crippen molar-refractivity contribution in [3.63, 3.8) is 0 Å². The Bertz CT molecular complexity index is 667. The van der Waals surface area contributed by atoms with E-state index in [0.717, 1.165) is 23.3 Å². The van der Waals surface area contributed by atoms with Gasteiger partial charge in [0.15, 0.2) is 5.65 Å². The summed E-state index contributed by atoms with van der Waals surface area (Å²) >= 11 is 0. The first-order chi connectivity index (χ1) is 8.74. The van der Waals surface area contributed by atoms with Gasteiger partial charge in [0.05, 0.1) is 6.54 Å². The van der Waals surface area contributed by atoms with E-state index in [-0.39, 0.29) is 0 Å². The molecule has 6 nitrogen and oxygen atoms in total. The zero-order valence-corrected chi connectivity index (χ0v) is 10.1. The molecule has 92 valence electrons. The zero-order valence-electron chi connectivity index (χ0n) is 10.1. The highest BCUT2D eigenvalue weighted by Gasteiger charge is 2.09. The SMILES string of the molecule is Cc1cnc2c(c1)nc(N)n2CCn1cccn1. The van der Waals surface area contributed by atoms with Crippen LogP contribution < -0.4 is 5.73 Å². The molecule has 18 heavy (non-hydrogen) atoms. The van der Waals surface area contributed by atoms with Crippen LogP contribution in [0.1, 0.15) is 5.56 Å². The lowest BCUT2D eigenvalue weighted by atomic mass is 10.3. The van der Waals surface area contributed by atoms with Crippen LogP contribution >= 0.6 is 0 Å². The predicted octanol–water partition coefficient (Wildman–Crippen LogP) is 1.22. The van der Waals surface area contributed by atoms with Gasteiger partial charge in [0.25, 0.3) is 0 Å². The number of nitrogens with two attached hydrogens (primary N) is 1. The second kappa shape index (κ2) is 4.14. The molecule has 3 rings (SSSR count). The highest BCUT2D eigenvalue weighted by atomic mass is 15.3. The number of hydrogen-bond acceptors (Lipinski definition) is 4. The molecule has 0 aromatic carbocycles. The molecule has 0 aliphatic rings. The van der Waals surface area contributed by atoms with Crippen molar-refractivity contribution < 1.29 is 0 Å². The van der Waals surface area contributed by atoms with E-state index < -0.39 is 0 Å². The van der Waals surface area contributed by atoms with Crippen LogP contribution in [-0.4, -0.2) is 24.3 Å². The third kappa shape index (κ3) is 1.81. The number of rotatable bonds is 3. The number of pyridine rings is 1. The minimum Gasteiger partial charge on any atom is -0.369 e. The third-order valence-corrected chi connectivity index (χ3v) is 2.86. The summed E-state index contributed by atoms with van der Waals surface area (Å²) in [5.74, 6) is 0.496. The van der Waals surface area contributed by atoms with Gasteiger partial charge >= 0.3 is 0 Å². The quantitative estimate of drug-likeness (QED) is 0.749. The average molecular weight is 242 g/mol. The molecule has 2 N–H and O–H groups in total. The number of anilines is 1. The molecule has 0 aliphatic heterocycles. The monoisotopic (exact) mass is 242 g/mol. The highest BCUT2D eigenvalue weighted by Crippen LogP contribution is 2.16. The molecule has 3 aromatic heterocycles. The molecule has 0 bridgehead atoms. The molecular weight excluding hydrogens is 228 g/mol. The van der Waals surface area contributed by atoms with Crippen LogP contribution in [0, 0.1) is 6.92 Å². The third-order valence-electron chi connectivity index (χ3n) is 2.86. The molecule has 0 aliphatic carbocycles. The van der Waals surface area contributed by atoms with Gasteiger partial charge in [-0.2, -0.15) is 5.10 Å². The van der Waals surface area contributed by atoms with Crippen LogP contribution in [0.25, 0.3) is 11.2 Å². The number of fused-ring (bicyclic) bond motifs is 1. The van der Waals surface area contributed by atoms with Crippen LogP contribution in [0.3, 0.4) is 0 Å². The van der Waals surface area contributed by atoms with Gasteiger partial charge in [0, 0.05) is 25.1 Å². The van der Waals surface area contributed by atoms with Crippen LogP contribution in [0.4, 0.5) is 5.95 Å². The number of imidazole rings is 1. The van der Waals surface area contributed by atoms with Gasteiger partial charge in [0.1, 0.15) is 5.52 Å². The minimum atomic E-state index is 0.496. The van der Waals surface area contributed by atoms with Gasteiger partial charge in [0.2, 0.25) is 5.95 Å². The molecule has 3 aromatic rings. The molecule has 0 radical (unpaired) electrons. The van der Waals surface area contributed by atoms with Gasteiger partial charge in [-0.1, -0.05) is 0 Å². The first-order valence-corrected chi connectivity index (χ1v) is 5.80. The van der Waals surface area contributed by atoms with Crippen molar-refractivity contribution in [2.45, 2.75) is 20.0 Å². The van der Waals surface area contributed by atoms with E-state index in [0.29, 0.717) is 12.5 Å². The molecule has 3 heterocycles. The average Bonchev–Trinajstić information content (AvgIpc) is 2.93. The molecular formula is C12H14N6. The van der Waals surface area contributed by atoms with Gasteiger partial charge < -0.3 is 5.73 Å². The van der Waals surface area contributed by atoms with Crippen LogP contribution in [0.15, 0.2) is 30.7 Å². The summed E-state index contributed by atoms with van der Waals surface area (Å²) in [4.78, 5) is 8.71. The Morgan fingerprint density at radius 1 is 1.33 bits per heavy atom.